The number of nitrogens with zero attached hydrogens (tertiary/aromatic N) is 1. The van der Waals surface area contributed by atoms with Gasteiger partial charge in [0.25, 0.3) is 0 Å². The van der Waals surface area contributed by atoms with Gasteiger partial charge in [-0.15, -0.1) is 0 Å². The van der Waals surface area contributed by atoms with E-state index in [-0.39, 0.29) is 36.8 Å². The van der Waals surface area contributed by atoms with Crippen LogP contribution in [0.4, 0.5) is 0 Å². The van der Waals surface area contributed by atoms with Gasteiger partial charge in [-0.2, -0.15) is 0 Å². The second-order valence-corrected chi connectivity index (χ2v) is 7.30. The van der Waals surface area contributed by atoms with Gasteiger partial charge in [0, 0.05) is 0 Å². The number of rotatable bonds is 19. The van der Waals surface area contributed by atoms with Gasteiger partial charge in [-0.1, -0.05) is 71.1 Å². The zero-order valence-corrected chi connectivity index (χ0v) is 18.2. The summed E-state index contributed by atoms with van der Waals surface area (Å²) in [6.07, 6.45) is 16.0. The number of hydrogen-bond acceptors (Lipinski definition) is 3. The van der Waals surface area contributed by atoms with E-state index in [4.69, 9.17) is 0 Å². The first-order valence-electron chi connectivity index (χ1n) is 10.4. The lowest BCUT2D eigenvalue weighted by molar-refractivity contribution is -0.929. The molecule has 154 valence electrons. The average Bonchev–Trinajstić information content (AvgIpc) is 2.56. The number of halogens is 1. The summed E-state index contributed by atoms with van der Waals surface area (Å²) in [6, 6.07) is 0. The fourth-order valence-corrected chi connectivity index (χ4v) is 3.60. The van der Waals surface area contributed by atoms with Crippen LogP contribution in [0.25, 0.3) is 0 Å². The highest BCUT2D eigenvalue weighted by molar-refractivity contribution is 4.50. The lowest BCUT2D eigenvalue weighted by Gasteiger charge is -2.37. The van der Waals surface area contributed by atoms with Crippen molar-refractivity contribution in [3.8, 4) is 0 Å². The lowest BCUT2D eigenvalue weighted by atomic mass is 10.0. The maximum atomic E-state index is 9.27. The highest BCUT2D eigenvalue weighted by Gasteiger charge is 2.25. The number of quaternary nitrogens is 1. The van der Waals surface area contributed by atoms with Gasteiger partial charge in [-0.3, -0.25) is 0 Å². The fraction of sp³-hybridized carbons (Fsp3) is 1.00. The molecule has 0 radical (unpaired) electrons. The molecule has 0 bridgehead atoms. The minimum absolute atomic E-state index is 0. The molecule has 0 atom stereocenters. The van der Waals surface area contributed by atoms with Gasteiger partial charge in [0.15, 0.2) is 0 Å². The average molecular weight is 426 g/mol. The summed E-state index contributed by atoms with van der Waals surface area (Å²) in [4.78, 5) is 0. The third-order valence-electron chi connectivity index (χ3n) is 5.21. The zero-order valence-electron chi connectivity index (χ0n) is 16.6. The summed E-state index contributed by atoms with van der Waals surface area (Å²) in [5.41, 5.74) is 0. The minimum Gasteiger partial charge on any atom is -1.00 e. The minimum atomic E-state index is 0. The maximum absolute atomic E-state index is 9.27. The molecule has 0 aliphatic carbocycles. The summed E-state index contributed by atoms with van der Waals surface area (Å²) >= 11 is 0. The van der Waals surface area contributed by atoms with E-state index in [9.17, 15) is 15.3 Å². The molecule has 0 aromatic heterocycles. The van der Waals surface area contributed by atoms with E-state index in [1.165, 1.54) is 70.6 Å². The van der Waals surface area contributed by atoms with Crippen molar-refractivity contribution in [3.63, 3.8) is 0 Å². The third kappa shape index (κ3) is 16.2. The molecular formula is C20H44BrNO3. The van der Waals surface area contributed by atoms with Gasteiger partial charge in [-0.05, 0) is 12.8 Å². The Morgan fingerprint density at radius 3 is 1.12 bits per heavy atom. The number of hydrogen-bond donors (Lipinski definition) is 3. The Labute approximate surface area is 167 Å². The molecule has 0 rings (SSSR count). The van der Waals surface area contributed by atoms with Crippen molar-refractivity contribution >= 4 is 0 Å². The summed E-state index contributed by atoms with van der Waals surface area (Å²) in [6.45, 7) is 5.51. The molecule has 0 heterocycles. The van der Waals surface area contributed by atoms with Gasteiger partial charge in [0.1, 0.15) is 19.6 Å². The van der Waals surface area contributed by atoms with Crippen LogP contribution < -0.4 is 17.0 Å². The molecule has 0 saturated heterocycles. The highest BCUT2D eigenvalue weighted by Crippen LogP contribution is 2.14. The maximum Gasteiger partial charge on any atom is 0.102 e. The van der Waals surface area contributed by atoms with Crippen LogP contribution in [0.2, 0.25) is 0 Å². The van der Waals surface area contributed by atoms with Gasteiger partial charge in [-0.25, -0.2) is 0 Å². The second kappa shape index (κ2) is 20.6. The Morgan fingerprint density at radius 1 is 0.480 bits per heavy atom. The number of aliphatic hydroxyl groups is 3. The third-order valence-corrected chi connectivity index (χ3v) is 5.21. The second-order valence-electron chi connectivity index (χ2n) is 7.30. The standard InChI is InChI=1S/C20H44NO3.BrH/c1-2-3-4-5-6-7-8-9-10-11-12-13-14-21(15-18-22,16-19-23)17-20-24;/h22-24H,2-20H2,1H3;1H/q+1;/p-1. The molecule has 0 aliphatic heterocycles. The highest BCUT2D eigenvalue weighted by atomic mass is 79.9. The molecule has 5 heteroatoms. The first-order valence-corrected chi connectivity index (χ1v) is 10.4. The SMILES string of the molecule is CCCCCCCCCCCCCC[N+](CCO)(CCO)CCO.[Br-]. The molecule has 4 nitrogen and oxygen atoms in total. The first-order chi connectivity index (χ1) is 11.7. The molecule has 0 aliphatic rings. The molecule has 25 heavy (non-hydrogen) atoms. The van der Waals surface area contributed by atoms with E-state index in [1.54, 1.807) is 0 Å². The van der Waals surface area contributed by atoms with E-state index in [0.29, 0.717) is 24.1 Å². The van der Waals surface area contributed by atoms with Crippen LogP contribution >= 0.6 is 0 Å². The van der Waals surface area contributed by atoms with Crippen molar-refractivity contribution in [1.82, 2.24) is 0 Å². The van der Waals surface area contributed by atoms with Gasteiger partial charge >= 0.3 is 0 Å². The Morgan fingerprint density at radius 2 is 0.800 bits per heavy atom. The van der Waals surface area contributed by atoms with Crippen LogP contribution in [0, 0.1) is 0 Å². The molecule has 0 amide bonds. The smallest absolute Gasteiger partial charge is 0.102 e. The summed E-state index contributed by atoms with van der Waals surface area (Å²) < 4.78 is 0.654. The number of unbranched alkanes of at least 4 members (excludes halogenated alkanes) is 11. The van der Waals surface area contributed by atoms with E-state index in [2.05, 4.69) is 6.92 Å². The monoisotopic (exact) mass is 425 g/mol. The largest absolute Gasteiger partial charge is 1.00 e. The molecule has 0 aromatic rings. The van der Waals surface area contributed by atoms with Crippen molar-refractivity contribution in [2.75, 3.05) is 46.0 Å². The van der Waals surface area contributed by atoms with Gasteiger partial charge < -0.3 is 36.8 Å². The topological polar surface area (TPSA) is 60.7 Å². The fourth-order valence-electron chi connectivity index (χ4n) is 3.60. The van der Waals surface area contributed by atoms with E-state index < -0.39 is 0 Å². The van der Waals surface area contributed by atoms with Crippen LogP contribution in [-0.2, 0) is 0 Å². The van der Waals surface area contributed by atoms with Gasteiger partial charge in [0.2, 0.25) is 0 Å². The molecule has 0 fully saturated rings. The van der Waals surface area contributed by atoms with Crippen LogP contribution in [-0.4, -0.2) is 65.8 Å². The lowest BCUT2D eigenvalue weighted by Crippen LogP contribution is -3.00. The van der Waals surface area contributed by atoms with E-state index in [0.717, 1.165) is 13.0 Å². The van der Waals surface area contributed by atoms with Crippen molar-refractivity contribution in [1.29, 1.82) is 0 Å². The summed E-state index contributed by atoms with van der Waals surface area (Å²) in [5.74, 6) is 0. The Bertz CT molecular complexity index is 238. The molecular weight excluding hydrogens is 382 g/mol. The van der Waals surface area contributed by atoms with Crippen molar-refractivity contribution in [2.24, 2.45) is 0 Å². The zero-order chi connectivity index (χ0) is 17.9. The van der Waals surface area contributed by atoms with Crippen LogP contribution in [0.1, 0.15) is 84.0 Å². The Kier molecular flexibility index (Phi) is 22.7. The van der Waals surface area contributed by atoms with Crippen LogP contribution in [0.15, 0.2) is 0 Å². The molecule has 0 saturated carbocycles. The molecule has 0 spiro atoms. The van der Waals surface area contributed by atoms with E-state index >= 15 is 0 Å². The van der Waals surface area contributed by atoms with Gasteiger partial charge in [0.05, 0.1) is 26.4 Å². The molecule has 3 N–H and O–H groups in total. The quantitative estimate of drug-likeness (QED) is 0.208. The predicted molar refractivity (Wildman–Crippen MR) is 102 cm³/mol. The van der Waals surface area contributed by atoms with Crippen LogP contribution in [0.5, 0.6) is 0 Å². The Balaban J connectivity index is 0. The Hall–Kier alpha value is 0.320. The van der Waals surface area contributed by atoms with Crippen LogP contribution in [0.3, 0.4) is 0 Å². The van der Waals surface area contributed by atoms with E-state index in [1.807, 2.05) is 0 Å². The summed E-state index contributed by atoms with van der Waals surface area (Å²) in [5, 5.41) is 27.8. The normalized spacial score (nSPS) is 11.5. The van der Waals surface area contributed by atoms with Crippen molar-refractivity contribution < 1.29 is 36.8 Å². The summed E-state index contributed by atoms with van der Waals surface area (Å²) in [7, 11) is 0. The number of aliphatic hydroxyl groups excluding tert-OH is 3. The van der Waals surface area contributed by atoms with Crippen molar-refractivity contribution in [2.45, 2.75) is 84.0 Å². The van der Waals surface area contributed by atoms with Crippen molar-refractivity contribution in [3.05, 3.63) is 0 Å². The molecule has 0 aromatic carbocycles. The predicted octanol–water partition coefficient (Wildman–Crippen LogP) is 0.485. The molecule has 0 unspecified atom stereocenters. The first kappa shape index (κ1) is 27.5.